The second kappa shape index (κ2) is 4.97. The van der Waals surface area contributed by atoms with E-state index in [0.717, 1.165) is 9.92 Å². The number of benzene rings is 1. The minimum Gasteiger partial charge on any atom is -0.398 e. The Balaban J connectivity index is 2.30. The fourth-order valence-corrected chi connectivity index (χ4v) is 2.85. The zero-order chi connectivity index (χ0) is 13.2. The highest BCUT2D eigenvalue weighted by atomic mass is 32.2. The molecule has 1 aromatic heterocycles. The number of rotatable bonds is 3. The predicted octanol–water partition coefficient (Wildman–Crippen LogP) is 1.46. The van der Waals surface area contributed by atoms with E-state index < -0.39 is 10.0 Å². The molecule has 0 aliphatic heterocycles. The topological polar surface area (TPSA) is 99.1 Å². The van der Waals surface area contributed by atoms with Gasteiger partial charge in [-0.25, -0.2) is 18.5 Å². The molecule has 0 amide bonds. The van der Waals surface area contributed by atoms with Gasteiger partial charge in [0.05, 0.1) is 5.69 Å². The summed E-state index contributed by atoms with van der Waals surface area (Å²) < 4.78 is 22.4. The lowest BCUT2D eigenvalue weighted by Crippen LogP contribution is -2.14. The molecular formula is C11H11N3O2S2. The van der Waals surface area contributed by atoms with Crippen molar-refractivity contribution in [1.82, 2.24) is 4.98 Å². The summed E-state index contributed by atoms with van der Waals surface area (Å²) in [5.41, 5.74) is 5.81. The Morgan fingerprint density at radius 2 is 1.94 bits per heavy atom. The van der Waals surface area contributed by atoms with Crippen molar-refractivity contribution in [3.8, 4) is 0 Å². The third kappa shape index (κ3) is 3.00. The lowest BCUT2D eigenvalue weighted by molar-refractivity contribution is 0.598. The van der Waals surface area contributed by atoms with Gasteiger partial charge in [-0.15, -0.1) is 0 Å². The highest BCUT2D eigenvalue weighted by molar-refractivity contribution is 7.99. The molecule has 0 saturated carbocycles. The first kappa shape index (κ1) is 12.9. The summed E-state index contributed by atoms with van der Waals surface area (Å²) in [5.74, 6) is 0. The van der Waals surface area contributed by atoms with Gasteiger partial charge in [0.2, 0.25) is 10.0 Å². The number of aromatic nitrogens is 1. The van der Waals surface area contributed by atoms with Crippen molar-refractivity contribution in [3.63, 3.8) is 0 Å². The molecule has 4 N–H and O–H groups in total. The third-order valence-corrected chi connectivity index (χ3v) is 4.07. The van der Waals surface area contributed by atoms with Crippen LogP contribution in [0.4, 0.5) is 5.69 Å². The van der Waals surface area contributed by atoms with E-state index in [2.05, 4.69) is 4.98 Å². The number of nitrogen functional groups attached to an aromatic ring is 1. The van der Waals surface area contributed by atoms with Crippen molar-refractivity contribution in [1.29, 1.82) is 0 Å². The van der Waals surface area contributed by atoms with Crippen LogP contribution in [0.5, 0.6) is 0 Å². The summed E-state index contributed by atoms with van der Waals surface area (Å²) in [6, 6.07) is 10.2. The molecule has 0 aliphatic rings. The van der Waals surface area contributed by atoms with Crippen molar-refractivity contribution in [2.75, 3.05) is 5.73 Å². The average Bonchev–Trinajstić information content (AvgIpc) is 2.28. The molecule has 1 aromatic carbocycles. The molecule has 0 aliphatic carbocycles. The van der Waals surface area contributed by atoms with Crippen LogP contribution in [-0.4, -0.2) is 13.4 Å². The normalized spacial score (nSPS) is 11.4. The lowest BCUT2D eigenvalue weighted by Gasteiger charge is -2.06. The van der Waals surface area contributed by atoms with Crippen LogP contribution in [0, 0.1) is 0 Å². The van der Waals surface area contributed by atoms with Gasteiger partial charge in [0.15, 0.2) is 0 Å². The van der Waals surface area contributed by atoms with Gasteiger partial charge < -0.3 is 5.73 Å². The molecule has 1 heterocycles. The van der Waals surface area contributed by atoms with Gasteiger partial charge in [0, 0.05) is 11.1 Å². The SMILES string of the molecule is Nc1cc(Sc2ccccn2)ccc1S(N)(=O)=O. The van der Waals surface area contributed by atoms with E-state index >= 15 is 0 Å². The van der Waals surface area contributed by atoms with Crippen LogP contribution in [-0.2, 0) is 10.0 Å². The smallest absolute Gasteiger partial charge is 0.240 e. The Hall–Kier alpha value is -1.57. The Bertz CT molecular complexity index is 657. The van der Waals surface area contributed by atoms with E-state index in [-0.39, 0.29) is 10.6 Å². The number of nitrogens with zero attached hydrogens (tertiary/aromatic N) is 1. The summed E-state index contributed by atoms with van der Waals surface area (Å²) in [7, 11) is -3.77. The van der Waals surface area contributed by atoms with Crippen molar-refractivity contribution < 1.29 is 8.42 Å². The Labute approximate surface area is 109 Å². The van der Waals surface area contributed by atoms with Gasteiger partial charge in [-0.2, -0.15) is 0 Å². The first-order valence-electron chi connectivity index (χ1n) is 4.98. The summed E-state index contributed by atoms with van der Waals surface area (Å²) in [6.07, 6.45) is 1.68. The molecule has 2 rings (SSSR count). The van der Waals surface area contributed by atoms with E-state index in [1.54, 1.807) is 18.3 Å². The fraction of sp³-hybridized carbons (Fsp3) is 0. The van der Waals surface area contributed by atoms with Crippen LogP contribution >= 0.6 is 11.8 Å². The number of sulfonamides is 1. The van der Waals surface area contributed by atoms with Gasteiger partial charge in [-0.1, -0.05) is 17.8 Å². The number of pyridine rings is 1. The minimum atomic E-state index is -3.77. The van der Waals surface area contributed by atoms with Gasteiger partial charge in [-0.3, -0.25) is 0 Å². The molecule has 0 saturated heterocycles. The second-order valence-corrected chi connectivity index (χ2v) is 6.14. The largest absolute Gasteiger partial charge is 0.398 e. The maximum absolute atomic E-state index is 11.2. The Morgan fingerprint density at radius 1 is 1.17 bits per heavy atom. The molecule has 0 spiro atoms. The van der Waals surface area contributed by atoms with Gasteiger partial charge in [0.1, 0.15) is 9.92 Å². The standard InChI is InChI=1S/C11H11N3O2S2/c12-9-7-8(4-5-10(9)18(13,15)16)17-11-3-1-2-6-14-11/h1-7H,12H2,(H2,13,15,16). The van der Waals surface area contributed by atoms with Crippen LogP contribution in [0.15, 0.2) is 57.4 Å². The highest BCUT2D eigenvalue weighted by Crippen LogP contribution is 2.29. The summed E-state index contributed by atoms with van der Waals surface area (Å²) in [4.78, 5) is 4.90. The van der Waals surface area contributed by atoms with Crippen LogP contribution in [0.3, 0.4) is 0 Å². The second-order valence-electron chi connectivity index (χ2n) is 3.51. The number of hydrogen-bond acceptors (Lipinski definition) is 5. The molecule has 0 radical (unpaired) electrons. The number of primary sulfonamides is 1. The molecule has 5 nitrogen and oxygen atoms in total. The van der Waals surface area contributed by atoms with Crippen LogP contribution in [0.1, 0.15) is 0 Å². The molecule has 0 fully saturated rings. The fourth-order valence-electron chi connectivity index (χ4n) is 1.38. The van der Waals surface area contributed by atoms with Gasteiger partial charge >= 0.3 is 0 Å². The van der Waals surface area contributed by atoms with Gasteiger partial charge in [-0.05, 0) is 30.3 Å². The molecule has 18 heavy (non-hydrogen) atoms. The monoisotopic (exact) mass is 281 g/mol. The van der Waals surface area contributed by atoms with E-state index in [1.807, 2.05) is 18.2 Å². The Morgan fingerprint density at radius 3 is 2.50 bits per heavy atom. The molecule has 0 bridgehead atoms. The average molecular weight is 281 g/mol. The lowest BCUT2D eigenvalue weighted by atomic mass is 10.3. The number of anilines is 1. The number of hydrogen-bond donors (Lipinski definition) is 2. The third-order valence-electron chi connectivity index (χ3n) is 2.15. The first-order valence-corrected chi connectivity index (χ1v) is 7.34. The molecule has 0 unspecified atom stereocenters. The van der Waals surface area contributed by atoms with Crippen LogP contribution in [0.25, 0.3) is 0 Å². The molecule has 0 atom stereocenters. The molecular weight excluding hydrogens is 270 g/mol. The maximum atomic E-state index is 11.2. The van der Waals surface area contributed by atoms with E-state index in [1.165, 1.54) is 17.8 Å². The van der Waals surface area contributed by atoms with Crippen molar-refractivity contribution in [3.05, 3.63) is 42.6 Å². The van der Waals surface area contributed by atoms with E-state index in [0.29, 0.717) is 0 Å². The summed E-state index contributed by atoms with van der Waals surface area (Å²) >= 11 is 1.39. The predicted molar refractivity (Wildman–Crippen MR) is 70.6 cm³/mol. The molecule has 7 heteroatoms. The quantitative estimate of drug-likeness (QED) is 0.830. The first-order chi connectivity index (χ1) is 8.47. The van der Waals surface area contributed by atoms with Crippen molar-refractivity contribution in [2.45, 2.75) is 14.8 Å². The molecule has 94 valence electrons. The highest BCUT2D eigenvalue weighted by Gasteiger charge is 2.12. The van der Waals surface area contributed by atoms with Crippen LogP contribution in [0.2, 0.25) is 0 Å². The van der Waals surface area contributed by atoms with Crippen LogP contribution < -0.4 is 10.9 Å². The summed E-state index contributed by atoms with van der Waals surface area (Å²) in [6.45, 7) is 0. The zero-order valence-electron chi connectivity index (χ0n) is 9.28. The minimum absolute atomic E-state index is 0.0622. The molecule has 2 aromatic rings. The van der Waals surface area contributed by atoms with Crippen molar-refractivity contribution in [2.24, 2.45) is 5.14 Å². The van der Waals surface area contributed by atoms with E-state index in [9.17, 15) is 8.42 Å². The maximum Gasteiger partial charge on any atom is 0.240 e. The van der Waals surface area contributed by atoms with E-state index in [4.69, 9.17) is 10.9 Å². The van der Waals surface area contributed by atoms with Gasteiger partial charge in [0.25, 0.3) is 0 Å². The summed E-state index contributed by atoms with van der Waals surface area (Å²) in [5, 5.41) is 5.84. The number of nitrogens with two attached hydrogens (primary N) is 2. The van der Waals surface area contributed by atoms with Crippen molar-refractivity contribution >= 4 is 27.5 Å². The zero-order valence-corrected chi connectivity index (χ0v) is 10.9. The Kier molecular flexibility index (Phi) is 3.55.